The molecule has 1 unspecified atom stereocenters. The van der Waals surface area contributed by atoms with Crippen molar-refractivity contribution in [2.45, 2.75) is 104 Å². The number of hydrogen-bond donors (Lipinski definition) is 2. The second-order valence-electron chi connectivity index (χ2n) is 16.7. The van der Waals surface area contributed by atoms with E-state index in [4.69, 9.17) is 23.9 Å². The predicted octanol–water partition coefficient (Wildman–Crippen LogP) is 6.30. The number of hydrogen-bond acceptors (Lipinski definition) is 10. The summed E-state index contributed by atoms with van der Waals surface area (Å²) >= 11 is 0. The van der Waals surface area contributed by atoms with Gasteiger partial charge in [-0.05, 0) is 107 Å². The molecule has 0 aliphatic carbocycles. The molecule has 5 rings (SSSR count). The molecule has 2 N–H and O–H groups in total. The number of carbonyl (C=O) groups is 3. The minimum absolute atomic E-state index is 0.148. The van der Waals surface area contributed by atoms with Gasteiger partial charge < -0.3 is 28.8 Å². The summed E-state index contributed by atoms with van der Waals surface area (Å²) in [6.45, 7) is 17.4. The summed E-state index contributed by atoms with van der Waals surface area (Å²) < 4.78 is 24.4. The van der Waals surface area contributed by atoms with Crippen LogP contribution in [0.5, 0.6) is 0 Å². The van der Waals surface area contributed by atoms with Gasteiger partial charge in [-0.25, -0.2) is 10.2 Å². The van der Waals surface area contributed by atoms with Crippen molar-refractivity contribution in [2.75, 3.05) is 54.1 Å². The van der Waals surface area contributed by atoms with Crippen molar-refractivity contribution in [1.82, 2.24) is 30.2 Å². The van der Waals surface area contributed by atoms with Crippen molar-refractivity contribution >= 4 is 34.4 Å². The number of alkyl carbamates (subject to hydrolysis) is 1. The third-order valence-electron chi connectivity index (χ3n) is 10.5. The van der Waals surface area contributed by atoms with Crippen molar-refractivity contribution in [3.63, 3.8) is 0 Å². The molecule has 1 aromatic carbocycles. The fourth-order valence-electron chi connectivity index (χ4n) is 7.92. The van der Waals surface area contributed by atoms with Gasteiger partial charge in [0.05, 0.1) is 31.2 Å². The Labute approximate surface area is 332 Å². The average Bonchev–Trinajstić information content (AvgIpc) is 3.47. The highest BCUT2D eigenvalue weighted by Gasteiger charge is 2.35. The van der Waals surface area contributed by atoms with Crippen molar-refractivity contribution in [2.24, 2.45) is 5.41 Å². The van der Waals surface area contributed by atoms with Crippen LogP contribution in [-0.4, -0.2) is 109 Å². The topological polar surface area (TPSA) is 136 Å². The second-order valence-corrected chi connectivity index (χ2v) is 16.7. The Balaban J connectivity index is 1.49. The van der Waals surface area contributed by atoms with Crippen LogP contribution in [0.4, 0.5) is 4.79 Å². The van der Waals surface area contributed by atoms with E-state index >= 15 is 0 Å². The molecule has 3 aromatic rings. The first-order valence-electron chi connectivity index (χ1n) is 19.8. The molecule has 13 heteroatoms. The molecule has 2 aromatic heterocycles. The number of nitrogens with one attached hydrogen (secondary N) is 2. The van der Waals surface area contributed by atoms with Gasteiger partial charge in [0.25, 0.3) is 5.91 Å². The number of benzene rings is 1. The number of fused-ring (bicyclic) bond motifs is 1. The fourth-order valence-corrected chi connectivity index (χ4v) is 7.92. The maximum Gasteiger partial charge on any atom is 0.408 e. The van der Waals surface area contributed by atoms with Crippen LogP contribution in [0.3, 0.4) is 0 Å². The second kappa shape index (κ2) is 18.3. The third kappa shape index (κ3) is 10.2. The Kier molecular flexibility index (Phi) is 14.0. The van der Waals surface area contributed by atoms with Crippen LogP contribution in [0.1, 0.15) is 90.7 Å². The minimum atomic E-state index is -0.922. The Morgan fingerprint density at radius 3 is 2.52 bits per heavy atom. The lowest BCUT2D eigenvalue weighted by atomic mass is 9.84. The van der Waals surface area contributed by atoms with Gasteiger partial charge in [-0.15, -0.1) is 0 Å². The quantitative estimate of drug-likeness (QED) is 0.180. The van der Waals surface area contributed by atoms with Crippen LogP contribution < -0.4 is 10.7 Å². The predicted molar refractivity (Wildman–Crippen MR) is 218 cm³/mol. The van der Waals surface area contributed by atoms with E-state index in [1.807, 2.05) is 19.2 Å². The molecular formula is C43H62N6O7. The highest BCUT2D eigenvalue weighted by Crippen LogP contribution is 2.41. The van der Waals surface area contributed by atoms with Crippen LogP contribution in [-0.2, 0) is 41.5 Å². The molecule has 13 nitrogen and oxygen atoms in total. The standard InChI is InChI=1S/C43H62N6O7/c1-11-48-36-19-18-29(23-32(36)33(24-43(6,7)27-53-8)38(48)31-16-12-20-44-37(31)28(2)54-9)30-15-13-21-47(25-30)26-35(45-41(52)56-42(3,4)5)39(50)49-22-14-17-34(46-49)40(51)55-10/h12,15-16,18-20,23,28,34-35,46H,11,13-14,17,21-22,24-27H2,1-10H3,(H,45,52)/t28-,34-,35?/m0/s1. The summed E-state index contributed by atoms with van der Waals surface area (Å²) in [4.78, 5) is 46.5. The van der Waals surface area contributed by atoms with Gasteiger partial charge in [-0.1, -0.05) is 26.0 Å². The van der Waals surface area contributed by atoms with Crippen molar-refractivity contribution in [3.05, 3.63) is 59.4 Å². The smallest absolute Gasteiger partial charge is 0.408 e. The number of carbonyl (C=O) groups excluding carboxylic acids is 3. The molecule has 4 heterocycles. The summed E-state index contributed by atoms with van der Waals surface area (Å²) in [6.07, 6.45) is 5.96. The molecular weight excluding hydrogens is 713 g/mol. The summed E-state index contributed by atoms with van der Waals surface area (Å²) in [6, 6.07) is 9.29. The van der Waals surface area contributed by atoms with E-state index < -0.39 is 29.7 Å². The molecule has 1 saturated heterocycles. The number of amides is 2. The normalized spacial score (nSPS) is 18.0. The molecule has 1 fully saturated rings. The minimum Gasteiger partial charge on any atom is -0.468 e. The van der Waals surface area contributed by atoms with Crippen LogP contribution in [0.15, 0.2) is 42.6 Å². The lowest BCUT2D eigenvalue weighted by Crippen LogP contribution is -2.62. The van der Waals surface area contributed by atoms with Gasteiger partial charge in [0, 0.05) is 69.6 Å². The van der Waals surface area contributed by atoms with Crippen molar-refractivity contribution in [3.8, 4) is 11.3 Å². The van der Waals surface area contributed by atoms with E-state index in [-0.39, 0.29) is 24.0 Å². The van der Waals surface area contributed by atoms with Gasteiger partial charge in [0.2, 0.25) is 0 Å². The molecule has 0 radical (unpaired) electrons. The largest absolute Gasteiger partial charge is 0.468 e. The van der Waals surface area contributed by atoms with Crippen LogP contribution in [0.25, 0.3) is 27.7 Å². The molecule has 0 bridgehead atoms. The van der Waals surface area contributed by atoms with Gasteiger partial charge >= 0.3 is 12.1 Å². The molecule has 306 valence electrons. The monoisotopic (exact) mass is 774 g/mol. The van der Waals surface area contributed by atoms with E-state index in [2.05, 4.69) is 71.3 Å². The molecule has 2 aliphatic heterocycles. The van der Waals surface area contributed by atoms with Gasteiger partial charge in [0.1, 0.15) is 17.7 Å². The molecule has 3 atom stereocenters. The van der Waals surface area contributed by atoms with Gasteiger partial charge in [0.15, 0.2) is 0 Å². The molecule has 2 amide bonds. The highest BCUT2D eigenvalue weighted by molar-refractivity contribution is 5.95. The zero-order valence-electron chi connectivity index (χ0n) is 35.0. The number of nitrogens with zero attached hydrogens (tertiary/aromatic N) is 4. The van der Waals surface area contributed by atoms with E-state index in [9.17, 15) is 14.4 Å². The Morgan fingerprint density at radius 2 is 1.84 bits per heavy atom. The third-order valence-corrected chi connectivity index (χ3v) is 10.5. The van der Waals surface area contributed by atoms with Gasteiger partial charge in [-0.3, -0.25) is 24.5 Å². The number of rotatable bonds is 14. The number of pyridine rings is 1. The first-order chi connectivity index (χ1) is 26.6. The Bertz CT molecular complexity index is 1900. The lowest BCUT2D eigenvalue weighted by molar-refractivity contribution is -0.150. The SMILES string of the molecule is CCn1c(-c2cccnc2[C@H](C)OC)c(CC(C)(C)COC)c2cc(C3=CCCN(CC(NC(=O)OC(C)(C)C)C(=O)N4CCC[C@@H](C(=O)OC)N4)C3)ccc21. The number of esters is 1. The van der Waals surface area contributed by atoms with Crippen molar-refractivity contribution < 1.29 is 33.3 Å². The molecule has 2 aliphatic rings. The van der Waals surface area contributed by atoms with E-state index in [1.165, 1.54) is 23.1 Å². The maximum atomic E-state index is 14.1. The Morgan fingerprint density at radius 1 is 1.07 bits per heavy atom. The van der Waals surface area contributed by atoms with E-state index in [0.717, 1.165) is 53.0 Å². The zero-order chi connectivity index (χ0) is 40.8. The van der Waals surface area contributed by atoms with Crippen LogP contribution >= 0.6 is 0 Å². The first-order valence-corrected chi connectivity index (χ1v) is 19.8. The summed E-state index contributed by atoms with van der Waals surface area (Å²) in [5, 5.41) is 5.46. The summed E-state index contributed by atoms with van der Waals surface area (Å²) in [5.74, 6) is -0.768. The number of hydrazine groups is 1. The first kappa shape index (κ1) is 42.8. The molecule has 56 heavy (non-hydrogen) atoms. The number of aromatic nitrogens is 2. The van der Waals surface area contributed by atoms with E-state index in [1.54, 1.807) is 35.0 Å². The lowest BCUT2D eigenvalue weighted by Gasteiger charge is -2.37. The maximum absolute atomic E-state index is 14.1. The van der Waals surface area contributed by atoms with Gasteiger partial charge in [-0.2, -0.15) is 0 Å². The summed E-state index contributed by atoms with van der Waals surface area (Å²) in [5.41, 5.74) is 9.87. The number of methoxy groups -OCH3 is 3. The molecule has 0 spiro atoms. The molecule has 0 saturated carbocycles. The fraction of sp³-hybridized carbons (Fsp3) is 0.581. The number of ether oxygens (including phenoxy) is 4. The zero-order valence-corrected chi connectivity index (χ0v) is 35.0. The number of aryl methyl sites for hydroxylation is 1. The Hall–Kier alpha value is -4.30. The highest BCUT2D eigenvalue weighted by atomic mass is 16.6. The summed E-state index contributed by atoms with van der Waals surface area (Å²) in [7, 11) is 4.80. The van der Waals surface area contributed by atoms with Crippen LogP contribution in [0.2, 0.25) is 0 Å². The van der Waals surface area contributed by atoms with E-state index in [0.29, 0.717) is 39.1 Å². The van der Waals surface area contributed by atoms with Crippen molar-refractivity contribution in [1.29, 1.82) is 0 Å². The van der Waals surface area contributed by atoms with Crippen LogP contribution in [0, 0.1) is 5.41 Å². The average molecular weight is 775 g/mol.